The van der Waals surface area contributed by atoms with E-state index in [9.17, 15) is 4.79 Å². The molecule has 1 unspecified atom stereocenters. The number of benzene rings is 2. The van der Waals surface area contributed by atoms with Gasteiger partial charge in [-0.2, -0.15) is 0 Å². The molecule has 0 spiro atoms. The molecular weight excluding hydrogens is 426 g/mol. The third-order valence-corrected chi connectivity index (χ3v) is 5.48. The molecule has 3 rings (SSSR count). The second-order valence-electron chi connectivity index (χ2n) is 7.56. The summed E-state index contributed by atoms with van der Waals surface area (Å²) in [5.74, 6) is -1.31. The molecule has 1 heterocycles. The number of para-hydroxylation sites is 1. The molecule has 0 aliphatic heterocycles. The zero-order valence-corrected chi connectivity index (χ0v) is 19.6. The first-order chi connectivity index (χ1) is 15.3. The van der Waals surface area contributed by atoms with Crippen molar-refractivity contribution in [3.63, 3.8) is 0 Å². The Balaban J connectivity index is 0.000000303. The molecule has 0 aliphatic carbocycles. The van der Waals surface area contributed by atoms with E-state index in [0.29, 0.717) is 6.04 Å². The van der Waals surface area contributed by atoms with Crippen molar-refractivity contribution in [2.24, 2.45) is 0 Å². The quantitative estimate of drug-likeness (QED) is 0.371. The molecule has 6 nitrogen and oxygen atoms in total. The van der Waals surface area contributed by atoms with Crippen LogP contribution in [0.5, 0.6) is 5.75 Å². The van der Waals surface area contributed by atoms with Crippen LogP contribution in [0, 0.1) is 0 Å². The highest BCUT2D eigenvalue weighted by molar-refractivity contribution is 6.31. The number of fused-ring (bicyclic) bond motifs is 1. The molecule has 0 radical (unpaired) electrons. The fraction of sp³-hybridized carbons (Fsp3) is 0.360. The van der Waals surface area contributed by atoms with Crippen LogP contribution >= 0.6 is 11.6 Å². The van der Waals surface area contributed by atoms with Crippen molar-refractivity contribution in [2.45, 2.75) is 39.7 Å². The molecule has 172 valence electrons. The number of pyridine rings is 1. The Kier molecular flexibility index (Phi) is 10.2. The molecule has 3 aromatic rings. The Morgan fingerprint density at radius 1 is 1.16 bits per heavy atom. The summed E-state index contributed by atoms with van der Waals surface area (Å²) >= 11 is 6.04. The smallest absolute Gasteiger partial charge is 0.339 e. The number of carboxylic acid groups (broad SMARTS) is 1. The van der Waals surface area contributed by atoms with E-state index < -0.39 is 5.97 Å². The molecule has 1 atom stereocenters. The van der Waals surface area contributed by atoms with Gasteiger partial charge < -0.3 is 20.4 Å². The largest absolute Gasteiger partial charge is 0.507 e. The molecule has 0 fully saturated rings. The van der Waals surface area contributed by atoms with Gasteiger partial charge in [-0.25, -0.2) is 4.79 Å². The maximum atomic E-state index is 10.3. The highest BCUT2D eigenvalue weighted by atomic mass is 35.5. The monoisotopic (exact) mass is 457 g/mol. The van der Waals surface area contributed by atoms with Crippen molar-refractivity contribution in [3.8, 4) is 5.75 Å². The van der Waals surface area contributed by atoms with Gasteiger partial charge in [0, 0.05) is 28.3 Å². The number of carbonyl (C=O) groups is 1. The average molecular weight is 458 g/mol. The van der Waals surface area contributed by atoms with E-state index in [0.717, 1.165) is 41.1 Å². The van der Waals surface area contributed by atoms with Crippen molar-refractivity contribution >= 4 is 34.2 Å². The predicted octanol–water partition coefficient (Wildman–Crippen LogP) is 5.90. The van der Waals surface area contributed by atoms with Gasteiger partial charge in [-0.05, 0) is 75.8 Å². The normalized spacial score (nSPS) is 11.7. The topological polar surface area (TPSA) is 85.7 Å². The lowest BCUT2D eigenvalue weighted by molar-refractivity contribution is 0.0693. The van der Waals surface area contributed by atoms with Gasteiger partial charge in [-0.1, -0.05) is 37.6 Å². The van der Waals surface area contributed by atoms with Gasteiger partial charge >= 0.3 is 5.97 Å². The molecule has 32 heavy (non-hydrogen) atoms. The van der Waals surface area contributed by atoms with E-state index in [2.05, 4.69) is 36.0 Å². The van der Waals surface area contributed by atoms with Crippen LogP contribution in [0.4, 0.5) is 5.69 Å². The van der Waals surface area contributed by atoms with Crippen molar-refractivity contribution in [1.29, 1.82) is 0 Å². The fourth-order valence-corrected chi connectivity index (χ4v) is 3.57. The zero-order chi connectivity index (χ0) is 23.5. The molecule has 0 saturated carbocycles. The van der Waals surface area contributed by atoms with E-state index in [1.807, 2.05) is 30.5 Å². The Hall–Kier alpha value is -2.83. The van der Waals surface area contributed by atoms with Gasteiger partial charge in [0.05, 0.1) is 5.52 Å². The Bertz CT molecular complexity index is 1010. The third kappa shape index (κ3) is 7.70. The van der Waals surface area contributed by atoms with Crippen LogP contribution in [0.3, 0.4) is 0 Å². The lowest BCUT2D eigenvalue weighted by Crippen LogP contribution is -2.25. The number of nitrogens with one attached hydrogen (secondary N) is 1. The number of aromatic hydroxyl groups is 1. The molecule has 2 aromatic carbocycles. The summed E-state index contributed by atoms with van der Waals surface area (Å²) in [6.45, 7) is 10.1. The van der Waals surface area contributed by atoms with Gasteiger partial charge in [-0.3, -0.25) is 4.98 Å². The Morgan fingerprint density at radius 2 is 1.88 bits per heavy atom. The lowest BCUT2D eigenvalue weighted by Gasteiger charge is -2.20. The number of hydrogen-bond donors (Lipinski definition) is 3. The number of aromatic nitrogens is 1. The summed E-state index contributed by atoms with van der Waals surface area (Å²) in [5.41, 5.74) is 2.01. The lowest BCUT2D eigenvalue weighted by atomic mass is 10.1. The summed E-state index contributed by atoms with van der Waals surface area (Å²) < 4.78 is 0. The van der Waals surface area contributed by atoms with Crippen LogP contribution in [0.2, 0.25) is 5.02 Å². The van der Waals surface area contributed by atoms with Gasteiger partial charge in [0.2, 0.25) is 0 Å². The second kappa shape index (κ2) is 12.9. The first-order valence-corrected chi connectivity index (χ1v) is 11.3. The van der Waals surface area contributed by atoms with Crippen molar-refractivity contribution in [3.05, 3.63) is 65.3 Å². The third-order valence-electron chi connectivity index (χ3n) is 5.25. The molecule has 7 heteroatoms. The number of phenols is 1. The van der Waals surface area contributed by atoms with E-state index in [-0.39, 0.29) is 11.3 Å². The summed E-state index contributed by atoms with van der Waals surface area (Å²) in [6, 6.07) is 14.2. The number of halogens is 1. The zero-order valence-electron chi connectivity index (χ0n) is 18.9. The van der Waals surface area contributed by atoms with Gasteiger partial charge in [0.25, 0.3) is 0 Å². The fourth-order valence-electron chi connectivity index (χ4n) is 3.40. The maximum absolute atomic E-state index is 10.3. The number of carboxylic acids is 1. The Labute approximate surface area is 194 Å². The van der Waals surface area contributed by atoms with Crippen LogP contribution in [-0.2, 0) is 0 Å². The molecule has 0 saturated heterocycles. The van der Waals surface area contributed by atoms with E-state index in [1.165, 1.54) is 25.1 Å². The standard InChI is InChI=1S/C18H26ClN3.C7H6O3/c1-4-22(5-2)12-6-7-14(3)21-17-10-11-20-18-13-15(19)8-9-16(17)18;8-6-4-2-1-3-5(6)7(9)10/h8-11,13-14H,4-7,12H2,1-3H3,(H,20,21);1-4,8H,(H,9,10). The summed E-state index contributed by atoms with van der Waals surface area (Å²) in [6.07, 6.45) is 4.21. The highest BCUT2D eigenvalue weighted by Crippen LogP contribution is 2.25. The van der Waals surface area contributed by atoms with E-state index in [4.69, 9.17) is 21.8 Å². The van der Waals surface area contributed by atoms with Crippen LogP contribution in [-0.4, -0.2) is 51.7 Å². The minimum Gasteiger partial charge on any atom is -0.507 e. The van der Waals surface area contributed by atoms with Crippen LogP contribution in [0.25, 0.3) is 10.9 Å². The molecule has 0 bridgehead atoms. The van der Waals surface area contributed by atoms with E-state index in [1.54, 1.807) is 12.1 Å². The molecule has 0 aliphatic rings. The number of rotatable bonds is 9. The molecule has 1 aromatic heterocycles. The summed E-state index contributed by atoms with van der Waals surface area (Å²) in [4.78, 5) is 17.1. The highest BCUT2D eigenvalue weighted by Gasteiger charge is 2.08. The van der Waals surface area contributed by atoms with Crippen molar-refractivity contribution in [2.75, 3.05) is 25.0 Å². The number of hydrogen-bond acceptors (Lipinski definition) is 5. The molecular formula is C25H32ClN3O3. The number of aromatic carboxylic acids is 1. The van der Waals surface area contributed by atoms with Gasteiger partial charge in [-0.15, -0.1) is 0 Å². The minimum absolute atomic E-state index is 0.0671. The van der Waals surface area contributed by atoms with Gasteiger partial charge in [0.15, 0.2) is 0 Å². The Morgan fingerprint density at radius 3 is 2.50 bits per heavy atom. The van der Waals surface area contributed by atoms with Crippen LogP contribution in [0.1, 0.15) is 44.0 Å². The van der Waals surface area contributed by atoms with Crippen LogP contribution < -0.4 is 5.32 Å². The SMILES string of the molecule is CCN(CC)CCCC(C)Nc1ccnc2cc(Cl)ccc12.O=C(O)c1ccccc1O. The van der Waals surface area contributed by atoms with Crippen molar-refractivity contribution in [1.82, 2.24) is 9.88 Å². The predicted molar refractivity (Wildman–Crippen MR) is 132 cm³/mol. The number of nitrogens with zero attached hydrogens (tertiary/aromatic N) is 2. The minimum atomic E-state index is -1.11. The average Bonchev–Trinajstić information content (AvgIpc) is 2.77. The summed E-state index contributed by atoms with van der Waals surface area (Å²) in [7, 11) is 0. The van der Waals surface area contributed by atoms with Crippen molar-refractivity contribution < 1.29 is 15.0 Å². The van der Waals surface area contributed by atoms with Gasteiger partial charge in [0.1, 0.15) is 11.3 Å². The maximum Gasteiger partial charge on any atom is 0.339 e. The molecule has 3 N–H and O–H groups in total. The van der Waals surface area contributed by atoms with E-state index >= 15 is 0 Å². The first kappa shape index (κ1) is 25.4. The summed E-state index contributed by atoms with van der Waals surface area (Å²) in [5, 5.41) is 22.8. The first-order valence-electron chi connectivity index (χ1n) is 10.9. The van der Waals surface area contributed by atoms with Crippen LogP contribution in [0.15, 0.2) is 54.7 Å². The molecule has 0 amide bonds. The second-order valence-corrected chi connectivity index (χ2v) is 7.99. The number of anilines is 1.